The molecular weight excluding hydrogens is 300 g/mol. The third-order valence-electron chi connectivity index (χ3n) is 3.57. The summed E-state index contributed by atoms with van der Waals surface area (Å²) in [5.74, 6) is 0. The Bertz CT molecular complexity index is 845. The lowest BCUT2D eigenvalue weighted by Crippen LogP contribution is -2.08. The van der Waals surface area contributed by atoms with Crippen LogP contribution in [0.15, 0.2) is 91.0 Å². The predicted octanol–water partition coefficient (Wildman–Crippen LogP) is 4.90. The SMILES string of the molecule is O=[N+]([O-])/C(=C(\Nc1ccccc1)c1ccccc1)c1ccccc1. The van der Waals surface area contributed by atoms with Gasteiger partial charge in [-0.1, -0.05) is 66.7 Å². The van der Waals surface area contributed by atoms with Gasteiger partial charge in [0.05, 0.1) is 10.5 Å². The maximum absolute atomic E-state index is 11.8. The Morgan fingerprint density at radius 1 is 0.708 bits per heavy atom. The second-order valence-electron chi connectivity index (χ2n) is 5.20. The van der Waals surface area contributed by atoms with Crippen LogP contribution >= 0.6 is 0 Å². The molecule has 0 saturated heterocycles. The summed E-state index contributed by atoms with van der Waals surface area (Å²) < 4.78 is 0. The van der Waals surface area contributed by atoms with Crippen LogP contribution in [-0.4, -0.2) is 4.92 Å². The van der Waals surface area contributed by atoms with E-state index in [0.717, 1.165) is 11.3 Å². The first kappa shape index (κ1) is 15.5. The number of anilines is 1. The third-order valence-corrected chi connectivity index (χ3v) is 3.57. The minimum atomic E-state index is -0.340. The Kier molecular flexibility index (Phi) is 4.68. The van der Waals surface area contributed by atoms with Gasteiger partial charge >= 0.3 is 0 Å². The van der Waals surface area contributed by atoms with Crippen molar-refractivity contribution in [2.45, 2.75) is 0 Å². The van der Waals surface area contributed by atoms with Crippen LogP contribution in [0.5, 0.6) is 0 Å². The number of rotatable bonds is 5. The van der Waals surface area contributed by atoms with E-state index in [0.29, 0.717) is 11.3 Å². The Morgan fingerprint density at radius 2 is 1.17 bits per heavy atom. The van der Waals surface area contributed by atoms with Gasteiger partial charge in [0.2, 0.25) is 0 Å². The molecule has 3 aromatic carbocycles. The normalized spacial score (nSPS) is 11.5. The highest BCUT2D eigenvalue weighted by Crippen LogP contribution is 2.28. The number of hydrogen-bond donors (Lipinski definition) is 1. The molecule has 0 atom stereocenters. The van der Waals surface area contributed by atoms with Crippen LogP contribution in [0, 0.1) is 10.1 Å². The van der Waals surface area contributed by atoms with Gasteiger partial charge in [0.15, 0.2) is 0 Å². The zero-order valence-corrected chi connectivity index (χ0v) is 12.9. The van der Waals surface area contributed by atoms with Crippen molar-refractivity contribution in [3.8, 4) is 0 Å². The lowest BCUT2D eigenvalue weighted by molar-refractivity contribution is -0.374. The zero-order chi connectivity index (χ0) is 16.8. The standard InChI is InChI=1S/C20H16N2O2/c23-22(24)20(17-12-6-2-7-13-17)19(16-10-4-1-5-11-16)21-18-14-8-3-9-15-18/h1-15,21H/b20-19-. The molecule has 0 fully saturated rings. The molecule has 0 saturated carbocycles. The summed E-state index contributed by atoms with van der Waals surface area (Å²) in [4.78, 5) is 11.5. The molecule has 0 aliphatic carbocycles. The molecule has 0 radical (unpaired) electrons. The number of nitrogens with one attached hydrogen (secondary N) is 1. The smallest absolute Gasteiger partial charge is 0.300 e. The average molecular weight is 316 g/mol. The second-order valence-corrected chi connectivity index (χ2v) is 5.20. The molecule has 0 aliphatic rings. The fourth-order valence-electron chi connectivity index (χ4n) is 2.48. The van der Waals surface area contributed by atoms with Crippen LogP contribution in [0.1, 0.15) is 11.1 Å². The molecule has 4 heteroatoms. The first-order chi connectivity index (χ1) is 11.8. The van der Waals surface area contributed by atoms with Crippen LogP contribution < -0.4 is 5.32 Å². The molecule has 0 spiro atoms. The number of hydrogen-bond acceptors (Lipinski definition) is 3. The van der Waals surface area contributed by atoms with Gasteiger partial charge in [-0.2, -0.15) is 0 Å². The van der Waals surface area contributed by atoms with E-state index in [1.165, 1.54) is 0 Å². The lowest BCUT2D eigenvalue weighted by atomic mass is 10.0. The van der Waals surface area contributed by atoms with Crippen molar-refractivity contribution in [1.82, 2.24) is 0 Å². The van der Waals surface area contributed by atoms with Gasteiger partial charge in [0, 0.05) is 11.3 Å². The topological polar surface area (TPSA) is 55.2 Å². The largest absolute Gasteiger partial charge is 0.349 e. The number of nitrogens with zero attached hydrogens (tertiary/aromatic N) is 1. The number of para-hydroxylation sites is 1. The maximum Gasteiger partial charge on any atom is 0.300 e. The van der Waals surface area contributed by atoms with Gasteiger partial charge in [-0.05, 0) is 24.3 Å². The summed E-state index contributed by atoms with van der Waals surface area (Å²) in [6.45, 7) is 0. The van der Waals surface area contributed by atoms with Crippen molar-refractivity contribution in [3.05, 3.63) is 112 Å². The fraction of sp³-hybridized carbons (Fsp3) is 0. The molecule has 4 nitrogen and oxygen atoms in total. The van der Waals surface area contributed by atoms with Crippen molar-refractivity contribution in [2.24, 2.45) is 0 Å². The zero-order valence-electron chi connectivity index (χ0n) is 12.9. The van der Waals surface area contributed by atoms with Gasteiger partial charge in [0.25, 0.3) is 5.70 Å². The fourth-order valence-corrected chi connectivity index (χ4v) is 2.48. The van der Waals surface area contributed by atoms with Gasteiger partial charge in [-0.3, -0.25) is 10.1 Å². The first-order valence-electron chi connectivity index (χ1n) is 7.57. The third kappa shape index (κ3) is 3.50. The highest BCUT2D eigenvalue weighted by molar-refractivity contribution is 5.92. The monoisotopic (exact) mass is 316 g/mol. The van der Waals surface area contributed by atoms with Gasteiger partial charge in [-0.15, -0.1) is 0 Å². The molecular formula is C20H16N2O2. The molecule has 3 aromatic rings. The van der Waals surface area contributed by atoms with Crippen LogP contribution in [0.3, 0.4) is 0 Å². The van der Waals surface area contributed by atoms with Crippen molar-refractivity contribution < 1.29 is 4.92 Å². The first-order valence-corrected chi connectivity index (χ1v) is 7.57. The highest BCUT2D eigenvalue weighted by atomic mass is 16.6. The highest BCUT2D eigenvalue weighted by Gasteiger charge is 2.22. The van der Waals surface area contributed by atoms with Gasteiger partial charge in [0.1, 0.15) is 5.70 Å². The quantitative estimate of drug-likeness (QED) is 0.414. The molecule has 118 valence electrons. The Labute approximate surface area is 140 Å². The van der Waals surface area contributed by atoms with Crippen LogP contribution in [-0.2, 0) is 0 Å². The summed E-state index contributed by atoms with van der Waals surface area (Å²) in [6.07, 6.45) is 0. The summed E-state index contributed by atoms with van der Waals surface area (Å²) in [6, 6.07) is 27.7. The molecule has 0 heterocycles. The van der Waals surface area contributed by atoms with E-state index in [2.05, 4.69) is 5.32 Å². The van der Waals surface area contributed by atoms with E-state index in [1.807, 2.05) is 66.7 Å². The predicted molar refractivity (Wildman–Crippen MR) is 96.8 cm³/mol. The van der Waals surface area contributed by atoms with E-state index < -0.39 is 0 Å². The number of nitro groups is 1. The van der Waals surface area contributed by atoms with Gasteiger partial charge < -0.3 is 5.32 Å². The molecule has 0 amide bonds. The second kappa shape index (κ2) is 7.24. The van der Waals surface area contributed by atoms with Crippen molar-refractivity contribution in [2.75, 3.05) is 5.32 Å². The van der Waals surface area contributed by atoms with Crippen molar-refractivity contribution in [3.63, 3.8) is 0 Å². The van der Waals surface area contributed by atoms with Crippen LogP contribution in [0.4, 0.5) is 5.69 Å². The minimum absolute atomic E-state index is 0.0469. The Morgan fingerprint density at radius 3 is 1.67 bits per heavy atom. The van der Waals surface area contributed by atoms with E-state index in [4.69, 9.17) is 0 Å². The van der Waals surface area contributed by atoms with Crippen LogP contribution in [0.2, 0.25) is 0 Å². The summed E-state index contributed by atoms with van der Waals surface area (Å²) in [5.41, 5.74) is 2.64. The number of benzene rings is 3. The van der Waals surface area contributed by atoms with Crippen molar-refractivity contribution >= 4 is 17.1 Å². The Balaban J connectivity index is 2.19. The minimum Gasteiger partial charge on any atom is -0.349 e. The van der Waals surface area contributed by atoms with E-state index in [1.54, 1.807) is 24.3 Å². The van der Waals surface area contributed by atoms with Gasteiger partial charge in [-0.25, -0.2) is 0 Å². The molecule has 24 heavy (non-hydrogen) atoms. The molecule has 0 bridgehead atoms. The summed E-state index contributed by atoms with van der Waals surface area (Å²) in [5, 5.41) is 15.0. The molecule has 0 aliphatic heterocycles. The maximum atomic E-state index is 11.8. The average Bonchev–Trinajstić information content (AvgIpc) is 2.63. The van der Waals surface area contributed by atoms with E-state index in [9.17, 15) is 10.1 Å². The lowest BCUT2D eigenvalue weighted by Gasteiger charge is -2.13. The van der Waals surface area contributed by atoms with E-state index in [-0.39, 0.29) is 10.6 Å². The van der Waals surface area contributed by atoms with E-state index >= 15 is 0 Å². The Hall–Kier alpha value is -3.40. The molecule has 1 N–H and O–H groups in total. The van der Waals surface area contributed by atoms with Crippen LogP contribution in [0.25, 0.3) is 11.4 Å². The molecule has 0 aromatic heterocycles. The molecule has 0 unspecified atom stereocenters. The molecule has 3 rings (SSSR count). The summed E-state index contributed by atoms with van der Waals surface area (Å²) >= 11 is 0. The summed E-state index contributed by atoms with van der Waals surface area (Å²) in [7, 11) is 0. The van der Waals surface area contributed by atoms with Crippen molar-refractivity contribution in [1.29, 1.82) is 0 Å².